The maximum Gasteiger partial charge on any atom is 0.338 e. The van der Waals surface area contributed by atoms with Gasteiger partial charge in [0.2, 0.25) is 11.8 Å². The summed E-state index contributed by atoms with van der Waals surface area (Å²) in [6.07, 6.45) is 2.60. The van der Waals surface area contributed by atoms with Gasteiger partial charge < -0.3 is 37.6 Å². The van der Waals surface area contributed by atoms with Crippen LogP contribution in [0.5, 0.6) is 5.75 Å². The van der Waals surface area contributed by atoms with Crippen LogP contribution >= 0.6 is 0 Å². The summed E-state index contributed by atoms with van der Waals surface area (Å²) in [5, 5.41) is 28.0. The van der Waals surface area contributed by atoms with Gasteiger partial charge in [0.25, 0.3) is 5.91 Å². The molecule has 0 saturated heterocycles. The fourth-order valence-electron chi connectivity index (χ4n) is 5.10. The molecule has 0 radical (unpaired) electrons. The Morgan fingerprint density at radius 3 is 2.00 bits per heavy atom. The highest BCUT2D eigenvalue weighted by molar-refractivity contribution is 5.94. The molecule has 3 amide bonds. The predicted molar refractivity (Wildman–Crippen MR) is 172 cm³/mol. The van der Waals surface area contributed by atoms with Crippen LogP contribution in [0, 0.1) is 13.8 Å². The number of aryl methyl sites for hydroxylation is 2. The van der Waals surface area contributed by atoms with Gasteiger partial charge >= 0.3 is 11.9 Å². The van der Waals surface area contributed by atoms with E-state index in [0.29, 0.717) is 38.8 Å². The van der Waals surface area contributed by atoms with Gasteiger partial charge in [0.15, 0.2) is 6.04 Å². The standard InChI is InChI=1S/C32H48N8O6/c1-19-15-22(41)16-20(2)23(19)18-26(39-28(42)24(34)11-8-14-37-32(35)36)30(44)38-25(12-6-7-13-33)29(43)40-27(31(45)46)17-21-9-4-3-5-10-21/h3-5,9-10,15-16,24-27,41H,6-8,11-14,17-18,33-34H2,1-2H3,(H,38,44)(H,39,42)(H,40,43)(H,45,46)(H4,35,36,37)/p+3/t24-,25+,26+,27+/m1/s1. The number of hydrogen-bond acceptors (Lipinski definition) is 5. The van der Waals surface area contributed by atoms with Gasteiger partial charge in [-0.25, -0.2) is 4.79 Å². The maximum atomic E-state index is 13.8. The lowest BCUT2D eigenvalue weighted by atomic mass is 9.95. The Morgan fingerprint density at radius 2 is 1.41 bits per heavy atom. The molecule has 0 fully saturated rings. The highest BCUT2D eigenvalue weighted by atomic mass is 16.4. The number of carboxylic acid groups (broad SMARTS) is 1. The van der Waals surface area contributed by atoms with Crippen LogP contribution in [0.3, 0.4) is 0 Å². The van der Waals surface area contributed by atoms with Gasteiger partial charge in [-0.2, -0.15) is 0 Å². The molecule has 16 N–H and O–H groups in total. The van der Waals surface area contributed by atoms with Crippen LogP contribution in [0.25, 0.3) is 0 Å². The lowest BCUT2D eigenvalue weighted by Gasteiger charge is -2.26. The molecule has 4 atom stereocenters. The summed E-state index contributed by atoms with van der Waals surface area (Å²) >= 11 is 0. The van der Waals surface area contributed by atoms with Crippen molar-refractivity contribution in [3.8, 4) is 5.75 Å². The normalized spacial score (nSPS) is 13.5. The average molecular weight is 644 g/mol. The molecule has 0 bridgehead atoms. The molecule has 0 aliphatic heterocycles. The van der Waals surface area contributed by atoms with E-state index in [1.807, 2.05) is 6.07 Å². The van der Waals surface area contributed by atoms with E-state index in [2.05, 4.69) is 32.4 Å². The Balaban J connectivity index is 2.30. The molecule has 252 valence electrons. The van der Waals surface area contributed by atoms with E-state index >= 15 is 0 Å². The van der Waals surface area contributed by atoms with Crippen molar-refractivity contribution >= 4 is 29.7 Å². The fourth-order valence-corrected chi connectivity index (χ4v) is 5.10. The first kappa shape index (κ1) is 37.5. The van der Waals surface area contributed by atoms with Gasteiger partial charge in [0.05, 0.1) is 13.1 Å². The Labute approximate surface area is 269 Å². The van der Waals surface area contributed by atoms with Gasteiger partial charge in [-0.15, -0.1) is 0 Å². The van der Waals surface area contributed by atoms with E-state index in [0.717, 1.165) is 22.3 Å². The van der Waals surface area contributed by atoms with Gasteiger partial charge in [-0.1, -0.05) is 30.3 Å². The molecule has 0 unspecified atom stereocenters. The lowest BCUT2D eigenvalue weighted by Crippen LogP contribution is -2.78. The van der Waals surface area contributed by atoms with Crippen LogP contribution in [0.4, 0.5) is 0 Å². The van der Waals surface area contributed by atoms with Crippen molar-refractivity contribution < 1.29 is 45.9 Å². The third-order valence-electron chi connectivity index (χ3n) is 7.67. The van der Waals surface area contributed by atoms with Crippen LogP contribution in [0.15, 0.2) is 42.5 Å². The number of amides is 3. The Bertz CT molecular complexity index is 1330. The van der Waals surface area contributed by atoms with Crippen LogP contribution < -0.4 is 43.9 Å². The highest BCUT2D eigenvalue weighted by Crippen LogP contribution is 2.22. The molecular weight excluding hydrogens is 592 g/mol. The zero-order valence-corrected chi connectivity index (χ0v) is 26.8. The van der Waals surface area contributed by atoms with Crippen molar-refractivity contribution in [1.29, 1.82) is 0 Å². The topological polar surface area (TPSA) is 266 Å². The maximum absolute atomic E-state index is 13.8. The predicted octanol–water partition coefficient (Wildman–Crippen LogP) is -3.51. The largest absolute Gasteiger partial charge is 0.508 e. The monoisotopic (exact) mass is 643 g/mol. The van der Waals surface area contributed by atoms with Crippen molar-refractivity contribution in [3.05, 3.63) is 64.7 Å². The van der Waals surface area contributed by atoms with Crippen molar-refractivity contribution in [2.24, 2.45) is 11.5 Å². The lowest BCUT2D eigenvalue weighted by molar-refractivity contribution is -0.463. The van der Waals surface area contributed by atoms with Gasteiger partial charge in [0.1, 0.15) is 23.9 Å². The number of carbonyl (C=O) groups is 4. The number of phenols is 1. The summed E-state index contributed by atoms with van der Waals surface area (Å²) in [5.74, 6) is -2.75. The Hall–Kier alpha value is -4.69. The second-order valence-corrected chi connectivity index (χ2v) is 11.5. The summed E-state index contributed by atoms with van der Waals surface area (Å²) in [7, 11) is 0. The van der Waals surface area contributed by atoms with Crippen LogP contribution in [-0.4, -0.2) is 77.1 Å². The van der Waals surface area contributed by atoms with E-state index in [1.165, 1.54) is 0 Å². The molecule has 0 saturated carbocycles. The number of aromatic hydroxyl groups is 1. The van der Waals surface area contributed by atoms with Gasteiger partial charge in [0, 0.05) is 19.3 Å². The fraction of sp³-hybridized carbons (Fsp3) is 0.469. The smallest absolute Gasteiger partial charge is 0.338 e. The summed E-state index contributed by atoms with van der Waals surface area (Å²) in [5.41, 5.74) is 21.6. The second kappa shape index (κ2) is 19.0. The molecule has 2 rings (SSSR count). The number of rotatable bonds is 19. The van der Waals surface area contributed by atoms with E-state index < -0.39 is 47.9 Å². The van der Waals surface area contributed by atoms with Crippen LogP contribution in [0.2, 0.25) is 0 Å². The summed E-state index contributed by atoms with van der Waals surface area (Å²) < 4.78 is 0. The third kappa shape index (κ3) is 12.7. The van der Waals surface area contributed by atoms with Crippen molar-refractivity contribution in [2.45, 2.75) is 83.0 Å². The number of carboxylic acids is 1. The van der Waals surface area contributed by atoms with Gasteiger partial charge in [-0.3, -0.25) is 30.8 Å². The SMILES string of the molecule is Cc1cc(O)cc(C)c1C[C@H](NC(=O)[C@H]([NH3+])CCC[NH+]=C(N)N)C(=O)N[C@@H](CCCC[NH3+])C(=O)N[C@@H](Cc1ccccc1)C(=O)O. The number of nitrogens with two attached hydrogens (primary N) is 2. The third-order valence-corrected chi connectivity index (χ3v) is 7.67. The molecule has 0 spiro atoms. The number of quaternary nitrogens is 2. The molecule has 46 heavy (non-hydrogen) atoms. The highest BCUT2D eigenvalue weighted by Gasteiger charge is 2.31. The summed E-state index contributed by atoms with van der Waals surface area (Å²) in [4.78, 5) is 55.4. The number of unbranched alkanes of at least 4 members (excludes halogenated alkanes) is 1. The van der Waals surface area contributed by atoms with E-state index in [1.54, 1.807) is 50.2 Å². The molecule has 14 heteroatoms. The Kier molecular flexibility index (Phi) is 15.5. The minimum Gasteiger partial charge on any atom is -0.508 e. The number of benzene rings is 2. The quantitative estimate of drug-likeness (QED) is 0.0416. The van der Waals surface area contributed by atoms with Crippen molar-refractivity contribution in [2.75, 3.05) is 13.1 Å². The minimum atomic E-state index is -1.21. The number of carbonyl (C=O) groups excluding carboxylic acids is 3. The van der Waals surface area contributed by atoms with Crippen molar-refractivity contribution in [1.82, 2.24) is 16.0 Å². The summed E-state index contributed by atoms with van der Waals surface area (Å²) in [6, 6.07) is 8.02. The number of guanidine groups is 1. The van der Waals surface area contributed by atoms with E-state index in [9.17, 15) is 29.4 Å². The molecular formula is C32H51N8O6+3. The van der Waals surface area contributed by atoms with E-state index in [4.69, 9.17) is 11.5 Å². The molecule has 2 aromatic carbocycles. The molecule has 2 aromatic rings. The molecule has 0 aliphatic rings. The molecule has 0 heterocycles. The van der Waals surface area contributed by atoms with E-state index in [-0.39, 0.29) is 31.0 Å². The Morgan fingerprint density at radius 1 is 0.826 bits per heavy atom. The number of hydrogen-bond donors (Lipinski definition) is 10. The minimum absolute atomic E-state index is 0.0653. The van der Waals surface area contributed by atoms with Gasteiger partial charge in [-0.05, 0) is 73.9 Å². The first-order valence-electron chi connectivity index (χ1n) is 15.5. The second-order valence-electron chi connectivity index (χ2n) is 11.5. The first-order chi connectivity index (χ1) is 21.8. The molecule has 0 aliphatic carbocycles. The first-order valence-corrected chi connectivity index (χ1v) is 15.5. The van der Waals surface area contributed by atoms with Crippen molar-refractivity contribution in [3.63, 3.8) is 0 Å². The zero-order chi connectivity index (χ0) is 34.2. The number of phenolic OH excluding ortho intramolecular Hbond substituents is 1. The number of aliphatic carboxylic acids is 1. The zero-order valence-electron chi connectivity index (χ0n) is 26.8. The van der Waals surface area contributed by atoms with Crippen LogP contribution in [0.1, 0.15) is 54.4 Å². The number of nitrogens with one attached hydrogen (secondary N) is 4. The average Bonchev–Trinajstić information content (AvgIpc) is 2.99. The molecule has 0 aromatic heterocycles. The summed E-state index contributed by atoms with van der Waals surface area (Å²) in [6.45, 7) is 4.67. The molecule has 14 nitrogen and oxygen atoms in total. The van der Waals surface area contributed by atoms with Crippen LogP contribution in [-0.2, 0) is 32.0 Å².